The first-order valence-corrected chi connectivity index (χ1v) is 11.4. The minimum atomic E-state index is -0.202. The third-order valence-electron chi connectivity index (χ3n) is 6.48. The highest BCUT2D eigenvalue weighted by Gasteiger charge is 2.20. The van der Waals surface area contributed by atoms with Gasteiger partial charge in [0.05, 0.1) is 11.0 Å². The lowest BCUT2D eigenvalue weighted by Crippen LogP contribution is -2.43. The molecule has 3 heterocycles. The molecule has 3 N–H and O–H groups in total. The van der Waals surface area contributed by atoms with E-state index in [0.717, 1.165) is 29.1 Å². The summed E-state index contributed by atoms with van der Waals surface area (Å²) in [7, 11) is 2.21. The predicted molar refractivity (Wildman–Crippen MR) is 132 cm³/mol. The van der Waals surface area contributed by atoms with Crippen LogP contribution in [0.3, 0.4) is 0 Å². The van der Waals surface area contributed by atoms with E-state index in [9.17, 15) is 0 Å². The summed E-state index contributed by atoms with van der Waals surface area (Å²) in [6.07, 6.45) is 8.05. The van der Waals surface area contributed by atoms with Gasteiger partial charge in [0, 0.05) is 30.5 Å². The number of aromatic nitrogens is 2. The number of rotatable bonds is 7. The third-order valence-corrected chi connectivity index (χ3v) is 6.48. The van der Waals surface area contributed by atoms with Gasteiger partial charge < -0.3 is 15.5 Å². The number of hydrogen-bond acceptors (Lipinski definition) is 6. The number of anilines is 1. The van der Waals surface area contributed by atoms with Gasteiger partial charge in [-0.2, -0.15) is 0 Å². The van der Waals surface area contributed by atoms with Crippen LogP contribution >= 0.6 is 0 Å². The fraction of sp³-hybridized carbons (Fsp3) is 0.360. The van der Waals surface area contributed by atoms with E-state index in [2.05, 4.69) is 91.8 Å². The molecule has 1 aromatic heterocycles. The number of allylic oxidation sites excluding steroid dienone is 1. The molecule has 7 nitrogen and oxygen atoms in total. The summed E-state index contributed by atoms with van der Waals surface area (Å²) in [5, 5.41) is 10.6. The normalized spacial score (nSPS) is 22.0. The molecule has 3 atom stereocenters. The van der Waals surface area contributed by atoms with Crippen LogP contribution in [-0.4, -0.2) is 53.1 Å². The van der Waals surface area contributed by atoms with Gasteiger partial charge >= 0.3 is 0 Å². The Labute approximate surface area is 189 Å². The summed E-state index contributed by atoms with van der Waals surface area (Å²) in [4.78, 5) is 11.6. The molecule has 0 saturated carbocycles. The molecule has 0 radical (unpaired) electrons. The van der Waals surface area contributed by atoms with E-state index in [1.807, 2.05) is 24.7 Å². The second-order valence-electron chi connectivity index (χ2n) is 8.67. The van der Waals surface area contributed by atoms with Crippen molar-refractivity contribution in [3.63, 3.8) is 0 Å². The van der Waals surface area contributed by atoms with Crippen molar-refractivity contribution in [1.29, 1.82) is 0 Å². The molecular weight excluding hydrogens is 398 g/mol. The summed E-state index contributed by atoms with van der Waals surface area (Å²) in [6, 6.07) is 17.6. The van der Waals surface area contributed by atoms with Gasteiger partial charge in [-0.05, 0) is 63.2 Å². The number of fused-ring (bicyclic) bond motifs is 1. The molecule has 2 aliphatic heterocycles. The molecule has 32 heavy (non-hydrogen) atoms. The zero-order valence-electron chi connectivity index (χ0n) is 18.7. The van der Waals surface area contributed by atoms with Crippen molar-refractivity contribution in [2.75, 3.05) is 25.5 Å². The van der Waals surface area contributed by atoms with E-state index in [0.29, 0.717) is 6.04 Å². The van der Waals surface area contributed by atoms with Crippen LogP contribution < -0.4 is 16.0 Å². The number of imidazole rings is 1. The summed E-state index contributed by atoms with van der Waals surface area (Å²) in [5.41, 5.74) is 4.39. The largest absolute Gasteiger partial charge is 0.383 e. The Morgan fingerprint density at radius 2 is 2.06 bits per heavy atom. The fourth-order valence-corrected chi connectivity index (χ4v) is 4.52. The smallest absolute Gasteiger partial charge is 0.175 e. The van der Waals surface area contributed by atoms with Gasteiger partial charge in [-0.3, -0.25) is 14.9 Å². The van der Waals surface area contributed by atoms with E-state index >= 15 is 0 Å². The maximum Gasteiger partial charge on any atom is 0.175 e. The molecule has 7 heteroatoms. The maximum absolute atomic E-state index is 4.65. The topological polar surface area (TPSA) is 69.5 Å². The molecule has 5 rings (SSSR count). The van der Waals surface area contributed by atoms with E-state index in [1.165, 1.54) is 24.9 Å². The third kappa shape index (κ3) is 4.40. The van der Waals surface area contributed by atoms with Crippen LogP contribution in [0.15, 0.2) is 65.9 Å². The highest BCUT2D eigenvalue weighted by atomic mass is 15.3. The number of benzene rings is 2. The Hall–Kier alpha value is -3.16. The Morgan fingerprint density at radius 1 is 1.19 bits per heavy atom. The summed E-state index contributed by atoms with van der Waals surface area (Å²) >= 11 is 0. The van der Waals surface area contributed by atoms with Gasteiger partial charge in [-0.15, -0.1) is 0 Å². The summed E-state index contributed by atoms with van der Waals surface area (Å²) in [6.45, 7) is 4.31. The lowest BCUT2D eigenvalue weighted by atomic mass is 10.1. The lowest BCUT2D eigenvalue weighted by molar-refractivity contribution is 0.322. The summed E-state index contributed by atoms with van der Waals surface area (Å²) in [5.74, 6) is 0.952. The second-order valence-corrected chi connectivity index (χ2v) is 8.67. The lowest BCUT2D eigenvalue weighted by Gasteiger charge is -2.26. The highest BCUT2D eigenvalue weighted by molar-refractivity contribution is 5.86. The molecule has 1 saturated heterocycles. The van der Waals surface area contributed by atoms with Crippen molar-refractivity contribution < 1.29 is 0 Å². The monoisotopic (exact) mass is 429 g/mol. The van der Waals surface area contributed by atoms with Gasteiger partial charge in [-0.1, -0.05) is 30.3 Å². The van der Waals surface area contributed by atoms with E-state index < -0.39 is 0 Å². The quantitative estimate of drug-likeness (QED) is 0.535. The number of nitrogens with zero attached hydrogens (tertiary/aromatic N) is 4. The minimum absolute atomic E-state index is 0.178. The molecule has 2 aliphatic rings. The highest BCUT2D eigenvalue weighted by Crippen LogP contribution is 2.22. The molecular formula is C25H31N7. The molecule has 0 amide bonds. The standard InChI is InChI=1S/C25H31N7/c1-18(19-7-4-3-5-8-19)29-25-26-13-12-24(30-25)32-17-28-22-15-20(10-11-23(22)32)27-16-21-9-6-14-31(21)2/h3-5,7-8,10-13,15,17-18,21,25,27,29-30H,6,9,14,16H2,1-2H3/t18-,21?,25?/m0/s1. The number of aliphatic imine (C=N–C) groups is 1. The minimum Gasteiger partial charge on any atom is -0.383 e. The average molecular weight is 430 g/mol. The van der Waals surface area contributed by atoms with Crippen molar-refractivity contribution in [3.8, 4) is 0 Å². The Kier molecular flexibility index (Phi) is 5.92. The molecule has 0 aliphatic carbocycles. The van der Waals surface area contributed by atoms with Crippen LogP contribution in [0.5, 0.6) is 0 Å². The molecule has 2 unspecified atom stereocenters. The van der Waals surface area contributed by atoms with Gasteiger partial charge in [0.1, 0.15) is 12.1 Å². The summed E-state index contributed by atoms with van der Waals surface area (Å²) < 4.78 is 2.08. The van der Waals surface area contributed by atoms with Crippen LogP contribution in [0.25, 0.3) is 16.9 Å². The number of nitrogens with one attached hydrogen (secondary N) is 3. The number of likely N-dealkylation sites (tertiary alicyclic amines) is 1. The van der Waals surface area contributed by atoms with E-state index in [4.69, 9.17) is 0 Å². The van der Waals surface area contributed by atoms with Gasteiger partial charge in [0.2, 0.25) is 0 Å². The first-order valence-electron chi connectivity index (χ1n) is 11.4. The molecule has 3 aromatic rings. The van der Waals surface area contributed by atoms with Crippen molar-refractivity contribution in [2.45, 2.75) is 38.1 Å². The molecule has 166 valence electrons. The zero-order valence-corrected chi connectivity index (χ0v) is 18.7. The molecule has 2 aromatic carbocycles. The molecule has 1 fully saturated rings. The Morgan fingerprint density at radius 3 is 2.88 bits per heavy atom. The van der Waals surface area contributed by atoms with E-state index in [1.54, 1.807) is 0 Å². The molecule has 0 bridgehead atoms. The zero-order chi connectivity index (χ0) is 21.9. The first-order chi connectivity index (χ1) is 15.7. The van der Waals surface area contributed by atoms with Crippen molar-refractivity contribution >= 4 is 28.8 Å². The van der Waals surface area contributed by atoms with Gasteiger partial charge in [0.25, 0.3) is 0 Å². The van der Waals surface area contributed by atoms with Crippen LogP contribution in [0.4, 0.5) is 5.69 Å². The van der Waals surface area contributed by atoms with E-state index in [-0.39, 0.29) is 12.3 Å². The first kappa shape index (κ1) is 20.7. The van der Waals surface area contributed by atoms with Gasteiger partial charge in [-0.25, -0.2) is 4.98 Å². The van der Waals surface area contributed by atoms with Crippen LogP contribution in [0.1, 0.15) is 31.4 Å². The SMILES string of the molecule is C[C@H](NC1N=CC=C(n2cnc3cc(NCC4CCCN4C)ccc32)N1)c1ccccc1. The number of hydrogen-bond donors (Lipinski definition) is 3. The Balaban J connectivity index is 1.26. The predicted octanol–water partition coefficient (Wildman–Crippen LogP) is 3.65. The number of likely N-dealkylation sites (N-methyl/N-ethyl adjacent to an activating group) is 1. The average Bonchev–Trinajstić information content (AvgIpc) is 3.44. The second kappa shape index (κ2) is 9.14. The van der Waals surface area contributed by atoms with Crippen molar-refractivity contribution in [2.24, 2.45) is 4.99 Å². The van der Waals surface area contributed by atoms with Crippen LogP contribution in [0.2, 0.25) is 0 Å². The van der Waals surface area contributed by atoms with Crippen molar-refractivity contribution in [3.05, 3.63) is 66.5 Å². The molecule has 0 spiro atoms. The maximum atomic E-state index is 4.65. The van der Waals surface area contributed by atoms with Crippen LogP contribution in [-0.2, 0) is 0 Å². The van der Waals surface area contributed by atoms with Crippen LogP contribution in [0, 0.1) is 0 Å². The fourth-order valence-electron chi connectivity index (χ4n) is 4.52. The Bertz CT molecular complexity index is 1120. The van der Waals surface area contributed by atoms with Gasteiger partial charge in [0.15, 0.2) is 6.29 Å². The van der Waals surface area contributed by atoms with Crippen molar-refractivity contribution in [1.82, 2.24) is 25.1 Å².